The maximum absolute atomic E-state index is 12.0. The van der Waals surface area contributed by atoms with Gasteiger partial charge in [-0.05, 0) is 44.0 Å². The molecule has 2 fully saturated rings. The summed E-state index contributed by atoms with van der Waals surface area (Å²) in [7, 11) is 0. The average Bonchev–Trinajstić information content (AvgIpc) is 3.37. The summed E-state index contributed by atoms with van der Waals surface area (Å²) in [6, 6.07) is 8.86. The van der Waals surface area contributed by atoms with Gasteiger partial charge in [0.05, 0.1) is 12.3 Å². The van der Waals surface area contributed by atoms with Gasteiger partial charge >= 0.3 is 6.03 Å². The quantitative estimate of drug-likeness (QED) is 0.242. The molecule has 0 spiro atoms. The van der Waals surface area contributed by atoms with E-state index in [1.54, 1.807) is 35.8 Å². The summed E-state index contributed by atoms with van der Waals surface area (Å²) in [5, 5.41) is 26.3. The molecular formula is C24H27ClN8O3. The molecule has 188 valence electrons. The number of likely N-dealkylation sites (tertiary alicyclic amines) is 1. The molecule has 2 saturated heterocycles. The Morgan fingerprint density at radius 3 is 2.75 bits per heavy atom. The molecule has 4 heterocycles. The van der Waals surface area contributed by atoms with Gasteiger partial charge in [0.2, 0.25) is 0 Å². The number of piperidine rings is 1. The normalized spacial score (nSPS) is 18.9. The van der Waals surface area contributed by atoms with Gasteiger partial charge in [0, 0.05) is 48.0 Å². The van der Waals surface area contributed by atoms with Gasteiger partial charge < -0.3 is 26.0 Å². The highest BCUT2D eigenvalue weighted by atomic mass is 35.5. The minimum atomic E-state index is -0.566. The van der Waals surface area contributed by atoms with E-state index in [0.29, 0.717) is 28.6 Å². The zero-order valence-corrected chi connectivity index (χ0v) is 20.4. The number of hydrogen-bond acceptors (Lipinski definition) is 8. The summed E-state index contributed by atoms with van der Waals surface area (Å²) in [4.78, 5) is 30.6. The lowest BCUT2D eigenvalue weighted by atomic mass is 10.0. The Kier molecular flexibility index (Phi) is 6.77. The zero-order chi connectivity index (χ0) is 25.2. The first-order valence-electron chi connectivity index (χ1n) is 11.8. The Morgan fingerprint density at radius 2 is 2.06 bits per heavy atom. The molecule has 11 nitrogen and oxygen atoms in total. The van der Waals surface area contributed by atoms with Gasteiger partial charge in [-0.25, -0.2) is 9.78 Å². The summed E-state index contributed by atoms with van der Waals surface area (Å²) in [6.45, 7) is 4.24. The number of hydrogen-bond donors (Lipinski definition) is 5. The summed E-state index contributed by atoms with van der Waals surface area (Å²) in [6.07, 6.45) is 4.64. The standard InChI is InChI=1S/C24H27ClN8O3/c1-14(34)13-32-7-5-17(6-8-32)28-21-11-20(27-18-4-2-3-16(25)10-18)30-22-15(12-26-33(21)22)9-19-23(35)31-24(36)29-19/h2-4,9-12,14,17,28,34H,5-8,13H2,1H3,(H,27,30)(H2,29,31,35,36)/b19-9-. The second-order valence-electron chi connectivity index (χ2n) is 9.03. The second kappa shape index (κ2) is 10.1. The number of aromatic nitrogens is 3. The van der Waals surface area contributed by atoms with Gasteiger partial charge in [-0.15, -0.1) is 0 Å². The number of nitrogens with one attached hydrogen (secondary N) is 4. The van der Waals surface area contributed by atoms with E-state index in [4.69, 9.17) is 16.6 Å². The fourth-order valence-corrected chi connectivity index (χ4v) is 4.63. The molecule has 1 atom stereocenters. The molecule has 0 saturated carbocycles. The number of imide groups is 1. The van der Waals surface area contributed by atoms with Gasteiger partial charge in [0.1, 0.15) is 17.3 Å². The number of aliphatic hydroxyl groups excluding tert-OH is 1. The highest BCUT2D eigenvalue weighted by Gasteiger charge is 2.25. The van der Waals surface area contributed by atoms with Crippen molar-refractivity contribution >= 4 is 52.6 Å². The van der Waals surface area contributed by atoms with Crippen LogP contribution in [0.3, 0.4) is 0 Å². The number of carbonyl (C=O) groups excluding carboxylic acids is 2. The highest BCUT2D eigenvalue weighted by molar-refractivity contribution is 6.30. The molecule has 36 heavy (non-hydrogen) atoms. The molecule has 5 N–H and O–H groups in total. The van der Waals surface area contributed by atoms with Crippen LogP contribution in [0, 0.1) is 0 Å². The molecule has 5 rings (SSSR count). The van der Waals surface area contributed by atoms with Gasteiger partial charge in [0.15, 0.2) is 5.65 Å². The molecular weight excluding hydrogens is 484 g/mol. The van der Waals surface area contributed by atoms with Crippen LogP contribution in [-0.2, 0) is 4.79 Å². The summed E-state index contributed by atoms with van der Waals surface area (Å²) in [5.74, 6) is 0.803. The van der Waals surface area contributed by atoms with Crippen molar-refractivity contribution in [1.29, 1.82) is 0 Å². The molecule has 2 aliphatic rings. The Morgan fingerprint density at radius 1 is 1.25 bits per heavy atom. The minimum absolute atomic E-state index is 0.130. The largest absolute Gasteiger partial charge is 0.392 e. The van der Waals surface area contributed by atoms with Crippen LogP contribution in [0.25, 0.3) is 11.7 Å². The second-order valence-corrected chi connectivity index (χ2v) is 9.47. The Hall–Kier alpha value is -3.67. The number of fused-ring (bicyclic) bond motifs is 1. The van der Waals surface area contributed by atoms with Crippen LogP contribution < -0.4 is 21.3 Å². The maximum atomic E-state index is 12.0. The third-order valence-electron chi connectivity index (χ3n) is 6.08. The van der Waals surface area contributed by atoms with Crippen molar-refractivity contribution in [1.82, 2.24) is 30.1 Å². The predicted molar refractivity (Wildman–Crippen MR) is 137 cm³/mol. The topological polar surface area (TPSA) is 136 Å². The zero-order valence-electron chi connectivity index (χ0n) is 19.7. The number of benzene rings is 1. The summed E-state index contributed by atoms with van der Waals surface area (Å²) >= 11 is 6.15. The number of amides is 3. The number of β-amino-alcohol motifs (C(OH)–C–C–N with tert-alkyl or cyclic N) is 1. The third-order valence-corrected chi connectivity index (χ3v) is 6.31. The Bertz CT molecular complexity index is 1330. The van der Waals surface area contributed by atoms with E-state index < -0.39 is 11.9 Å². The van der Waals surface area contributed by atoms with E-state index in [2.05, 4.69) is 31.3 Å². The fraction of sp³-hybridized carbons (Fsp3) is 0.333. The number of anilines is 3. The summed E-state index contributed by atoms with van der Waals surface area (Å²) < 4.78 is 1.69. The van der Waals surface area contributed by atoms with Crippen molar-refractivity contribution in [3.8, 4) is 0 Å². The van der Waals surface area contributed by atoms with Gasteiger partial charge in [-0.1, -0.05) is 17.7 Å². The van der Waals surface area contributed by atoms with Crippen molar-refractivity contribution in [2.75, 3.05) is 30.3 Å². The number of urea groups is 1. The van der Waals surface area contributed by atoms with Crippen LogP contribution in [0.1, 0.15) is 25.3 Å². The Balaban J connectivity index is 1.46. The molecule has 0 aliphatic carbocycles. The van der Waals surface area contributed by atoms with Crippen molar-refractivity contribution in [3.05, 3.63) is 52.8 Å². The van der Waals surface area contributed by atoms with Gasteiger partial charge in [0.25, 0.3) is 5.91 Å². The average molecular weight is 511 g/mol. The van der Waals surface area contributed by atoms with Crippen molar-refractivity contribution in [3.63, 3.8) is 0 Å². The maximum Gasteiger partial charge on any atom is 0.326 e. The third kappa shape index (κ3) is 5.43. The van der Waals surface area contributed by atoms with Crippen LogP contribution in [0.4, 0.5) is 22.1 Å². The monoisotopic (exact) mass is 510 g/mol. The lowest BCUT2D eigenvalue weighted by Crippen LogP contribution is -2.42. The number of carbonyl (C=O) groups is 2. The Labute approximate surface area is 212 Å². The number of aliphatic hydroxyl groups is 1. The first-order valence-corrected chi connectivity index (χ1v) is 12.1. The number of rotatable bonds is 7. The van der Waals surface area contributed by atoms with E-state index >= 15 is 0 Å². The van der Waals surface area contributed by atoms with Crippen molar-refractivity contribution < 1.29 is 14.7 Å². The molecule has 1 aromatic carbocycles. The molecule has 0 radical (unpaired) electrons. The number of nitrogens with zero attached hydrogens (tertiary/aromatic N) is 4. The van der Waals surface area contributed by atoms with Gasteiger partial charge in [-0.2, -0.15) is 9.61 Å². The van der Waals surface area contributed by atoms with Crippen LogP contribution >= 0.6 is 11.6 Å². The molecule has 1 unspecified atom stereocenters. The van der Waals surface area contributed by atoms with Crippen LogP contribution in [-0.4, -0.2) is 68.3 Å². The van der Waals surface area contributed by atoms with Crippen LogP contribution in [0.2, 0.25) is 5.02 Å². The van der Waals surface area contributed by atoms with E-state index in [9.17, 15) is 14.7 Å². The first kappa shape index (κ1) is 24.0. The molecule has 12 heteroatoms. The van der Waals surface area contributed by atoms with E-state index in [1.807, 2.05) is 18.2 Å². The highest BCUT2D eigenvalue weighted by Crippen LogP contribution is 2.26. The van der Waals surface area contributed by atoms with E-state index in [1.165, 1.54) is 0 Å². The summed E-state index contributed by atoms with van der Waals surface area (Å²) in [5.41, 5.74) is 1.99. The van der Waals surface area contributed by atoms with E-state index in [0.717, 1.165) is 37.4 Å². The minimum Gasteiger partial charge on any atom is -0.392 e. The fourth-order valence-electron chi connectivity index (χ4n) is 4.44. The van der Waals surface area contributed by atoms with Crippen molar-refractivity contribution in [2.45, 2.75) is 31.9 Å². The first-order chi connectivity index (χ1) is 17.3. The van der Waals surface area contributed by atoms with Crippen LogP contribution in [0.15, 0.2) is 42.2 Å². The molecule has 0 bridgehead atoms. The molecule has 2 aromatic heterocycles. The van der Waals surface area contributed by atoms with E-state index in [-0.39, 0.29) is 17.8 Å². The predicted octanol–water partition coefficient (Wildman–Crippen LogP) is 2.56. The smallest absolute Gasteiger partial charge is 0.326 e. The van der Waals surface area contributed by atoms with Gasteiger partial charge in [-0.3, -0.25) is 10.1 Å². The van der Waals surface area contributed by atoms with Crippen LogP contribution in [0.5, 0.6) is 0 Å². The SMILES string of the molecule is CC(O)CN1CCC(Nc2cc(Nc3cccc(Cl)c3)nc3c(/C=C4\NC(=O)NC4=O)cnn23)CC1. The van der Waals surface area contributed by atoms with Crippen molar-refractivity contribution in [2.24, 2.45) is 0 Å². The number of halogens is 1. The molecule has 2 aliphatic heterocycles. The lowest BCUT2D eigenvalue weighted by molar-refractivity contribution is -0.115. The lowest BCUT2D eigenvalue weighted by Gasteiger charge is -2.33. The molecule has 3 amide bonds. The molecule has 3 aromatic rings.